The molecule has 26 heavy (non-hydrogen) atoms. The van der Waals surface area contributed by atoms with E-state index in [0.717, 1.165) is 0 Å². The van der Waals surface area contributed by atoms with Gasteiger partial charge in [0.2, 0.25) is 0 Å². The van der Waals surface area contributed by atoms with E-state index in [2.05, 4.69) is 0 Å². The van der Waals surface area contributed by atoms with Crippen molar-refractivity contribution in [1.29, 1.82) is 0 Å². The van der Waals surface area contributed by atoms with E-state index in [1.165, 1.54) is 141 Å². The smallest absolute Gasteiger partial charge is 0.0930 e. The number of rotatable bonds is 3. The first kappa shape index (κ1) is 22.2. The van der Waals surface area contributed by atoms with Crippen molar-refractivity contribution >= 4 is 0 Å². The SMILES string of the molecule is C1CCCCCC(OOC2CCCCCCCCCCC2)CCCCC1. The van der Waals surface area contributed by atoms with Crippen LogP contribution in [0.1, 0.15) is 141 Å². The Bertz CT molecular complexity index is 251. The molecule has 2 heteroatoms. The van der Waals surface area contributed by atoms with Gasteiger partial charge in [0.1, 0.15) is 0 Å². The molecule has 0 unspecified atom stereocenters. The van der Waals surface area contributed by atoms with Crippen LogP contribution in [-0.4, -0.2) is 12.2 Å². The van der Waals surface area contributed by atoms with Crippen LogP contribution in [-0.2, 0) is 9.78 Å². The summed E-state index contributed by atoms with van der Waals surface area (Å²) in [5.41, 5.74) is 0. The minimum absolute atomic E-state index is 0.343. The van der Waals surface area contributed by atoms with Gasteiger partial charge in [-0.3, -0.25) is 0 Å². The van der Waals surface area contributed by atoms with Crippen molar-refractivity contribution in [2.24, 2.45) is 0 Å². The van der Waals surface area contributed by atoms with E-state index in [4.69, 9.17) is 9.78 Å². The molecule has 0 atom stereocenters. The first-order valence-corrected chi connectivity index (χ1v) is 12.3. The van der Waals surface area contributed by atoms with Crippen LogP contribution in [0.15, 0.2) is 0 Å². The molecule has 2 aliphatic rings. The molecule has 154 valence electrons. The van der Waals surface area contributed by atoms with Crippen molar-refractivity contribution in [3.05, 3.63) is 0 Å². The highest BCUT2D eigenvalue weighted by atomic mass is 17.2. The highest BCUT2D eigenvalue weighted by Crippen LogP contribution is 2.22. The summed E-state index contributed by atoms with van der Waals surface area (Å²) in [6.07, 6.45) is 30.6. The average molecular weight is 367 g/mol. The standard InChI is InChI=1S/C24H46O2/c1-3-7-11-15-19-23(20-16-12-8-4-1)25-26-24-21-17-13-9-5-2-6-10-14-18-22-24/h23-24H,1-22H2. The van der Waals surface area contributed by atoms with Crippen LogP contribution in [0, 0.1) is 0 Å². The lowest BCUT2D eigenvalue weighted by atomic mass is 9.99. The third-order valence-electron chi connectivity index (χ3n) is 6.43. The first-order chi connectivity index (χ1) is 12.9. The van der Waals surface area contributed by atoms with Gasteiger partial charge >= 0.3 is 0 Å². The highest BCUT2D eigenvalue weighted by Gasteiger charge is 2.16. The molecule has 0 amide bonds. The van der Waals surface area contributed by atoms with Crippen LogP contribution in [0.25, 0.3) is 0 Å². The molecule has 2 aliphatic carbocycles. The van der Waals surface area contributed by atoms with E-state index >= 15 is 0 Å². The lowest BCUT2D eigenvalue weighted by molar-refractivity contribution is -0.355. The minimum Gasteiger partial charge on any atom is -0.233 e. The molecule has 0 N–H and O–H groups in total. The topological polar surface area (TPSA) is 18.5 Å². The summed E-state index contributed by atoms with van der Waals surface area (Å²) < 4.78 is 0. The zero-order chi connectivity index (χ0) is 18.1. The zero-order valence-corrected chi connectivity index (χ0v) is 17.5. The van der Waals surface area contributed by atoms with Crippen molar-refractivity contribution < 1.29 is 9.78 Å². The predicted octanol–water partition coefficient (Wildman–Crippen LogP) is 8.28. The van der Waals surface area contributed by atoms with Crippen molar-refractivity contribution in [2.75, 3.05) is 0 Å². The largest absolute Gasteiger partial charge is 0.233 e. The van der Waals surface area contributed by atoms with Gasteiger partial charge < -0.3 is 0 Å². The number of hydrogen-bond acceptors (Lipinski definition) is 2. The summed E-state index contributed by atoms with van der Waals surface area (Å²) in [6.45, 7) is 0. The summed E-state index contributed by atoms with van der Waals surface area (Å²) in [5.74, 6) is 0. The first-order valence-electron chi connectivity index (χ1n) is 12.3. The Morgan fingerprint density at radius 2 is 0.462 bits per heavy atom. The second kappa shape index (κ2) is 15.9. The van der Waals surface area contributed by atoms with Crippen LogP contribution >= 0.6 is 0 Å². The molecule has 2 fully saturated rings. The molecular weight excluding hydrogens is 320 g/mol. The molecule has 0 saturated heterocycles. The van der Waals surface area contributed by atoms with Gasteiger partial charge in [0.25, 0.3) is 0 Å². The zero-order valence-electron chi connectivity index (χ0n) is 17.5. The maximum Gasteiger partial charge on any atom is 0.0930 e. The van der Waals surface area contributed by atoms with Gasteiger partial charge in [-0.05, 0) is 25.7 Å². The molecule has 0 radical (unpaired) electrons. The van der Waals surface area contributed by atoms with Crippen LogP contribution in [0.2, 0.25) is 0 Å². The second-order valence-corrected chi connectivity index (χ2v) is 8.96. The van der Waals surface area contributed by atoms with Gasteiger partial charge in [0, 0.05) is 0 Å². The van der Waals surface area contributed by atoms with E-state index in [1.807, 2.05) is 0 Å². The van der Waals surface area contributed by atoms with Crippen LogP contribution in [0.5, 0.6) is 0 Å². The minimum atomic E-state index is 0.343. The lowest BCUT2D eigenvalue weighted by Gasteiger charge is -2.22. The van der Waals surface area contributed by atoms with E-state index in [1.54, 1.807) is 0 Å². The maximum absolute atomic E-state index is 6.05. The quantitative estimate of drug-likeness (QED) is 0.369. The second-order valence-electron chi connectivity index (χ2n) is 8.96. The van der Waals surface area contributed by atoms with E-state index in [-0.39, 0.29) is 0 Å². The third kappa shape index (κ3) is 11.6. The Morgan fingerprint density at radius 1 is 0.269 bits per heavy atom. The van der Waals surface area contributed by atoms with Gasteiger partial charge in [0.05, 0.1) is 12.2 Å². The summed E-state index contributed by atoms with van der Waals surface area (Å²) in [6, 6.07) is 0. The van der Waals surface area contributed by atoms with Gasteiger partial charge in [-0.15, -0.1) is 0 Å². The predicted molar refractivity (Wildman–Crippen MR) is 111 cm³/mol. The van der Waals surface area contributed by atoms with Gasteiger partial charge in [0.15, 0.2) is 0 Å². The van der Waals surface area contributed by atoms with Gasteiger partial charge in [-0.2, -0.15) is 0 Å². The molecule has 0 heterocycles. The van der Waals surface area contributed by atoms with Crippen molar-refractivity contribution in [2.45, 2.75) is 153 Å². The van der Waals surface area contributed by atoms with E-state index in [0.29, 0.717) is 12.2 Å². The molecule has 0 aromatic carbocycles. The molecule has 0 bridgehead atoms. The van der Waals surface area contributed by atoms with Gasteiger partial charge in [-0.25, -0.2) is 9.78 Å². The third-order valence-corrected chi connectivity index (χ3v) is 6.43. The summed E-state index contributed by atoms with van der Waals surface area (Å²) in [4.78, 5) is 12.1. The molecule has 2 nitrogen and oxygen atoms in total. The summed E-state index contributed by atoms with van der Waals surface area (Å²) in [7, 11) is 0. The average Bonchev–Trinajstić information content (AvgIpc) is 2.63. The Hall–Kier alpha value is -0.0800. The summed E-state index contributed by atoms with van der Waals surface area (Å²) in [5, 5.41) is 0. The van der Waals surface area contributed by atoms with Crippen LogP contribution in [0.4, 0.5) is 0 Å². The molecule has 0 spiro atoms. The van der Waals surface area contributed by atoms with Crippen LogP contribution < -0.4 is 0 Å². The van der Waals surface area contributed by atoms with E-state index < -0.39 is 0 Å². The van der Waals surface area contributed by atoms with Crippen molar-refractivity contribution in [3.8, 4) is 0 Å². The monoisotopic (exact) mass is 366 g/mol. The number of hydrogen-bond donors (Lipinski definition) is 0. The molecule has 2 rings (SSSR count). The van der Waals surface area contributed by atoms with Crippen molar-refractivity contribution in [3.63, 3.8) is 0 Å². The molecule has 0 aromatic rings. The molecule has 0 aliphatic heterocycles. The van der Waals surface area contributed by atoms with Gasteiger partial charge in [-0.1, -0.05) is 116 Å². The van der Waals surface area contributed by atoms with E-state index in [9.17, 15) is 0 Å². The fourth-order valence-electron chi connectivity index (χ4n) is 4.60. The van der Waals surface area contributed by atoms with Crippen molar-refractivity contribution in [1.82, 2.24) is 0 Å². The molecule has 0 aromatic heterocycles. The highest BCUT2D eigenvalue weighted by molar-refractivity contribution is 4.63. The maximum atomic E-state index is 6.05. The fourth-order valence-corrected chi connectivity index (χ4v) is 4.60. The lowest BCUT2D eigenvalue weighted by Crippen LogP contribution is -2.20. The Kier molecular flexibility index (Phi) is 13.6. The normalized spacial score (nSPS) is 25.4. The Labute approximate surface area is 163 Å². The molecular formula is C24H46O2. The Morgan fingerprint density at radius 3 is 0.692 bits per heavy atom. The Balaban J connectivity index is 1.70. The summed E-state index contributed by atoms with van der Waals surface area (Å²) >= 11 is 0. The van der Waals surface area contributed by atoms with Crippen LogP contribution in [0.3, 0.4) is 0 Å². The molecule has 2 saturated carbocycles. The fraction of sp³-hybridized carbons (Fsp3) is 1.00.